The van der Waals surface area contributed by atoms with Crippen molar-refractivity contribution >= 4 is 0 Å². The first-order chi connectivity index (χ1) is 12.2. The molecule has 0 unspecified atom stereocenters. The summed E-state index contributed by atoms with van der Waals surface area (Å²) in [7, 11) is 0. The molecule has 7 heteroatoms. The predicted octanol–water partition coefficient (Wildman–Crippen LogP) is 3.49. The summed E-state index contributed by atoms with van der Waals surface area (Å²) < 4.78 is 18.5. The summed E-state index contributed by atoms with van der Waals surface area (Å²) in [6.45, 7) is 2.25. The highest BCUT2D eigenvalue weighted by Crippen LogP contribution is 2.26. The Kier molecular flexibility index (Phi) is 3.81. The van der Waals surface area contributed by atoms with Gasteiger partial charge in [0, 0.05) is 16.7 Å². The minimum atomic E-state index is -0.290. The fourth-order valence-corrected chi connectivity index (χ4v) is 2.53. The Labute approximate surface area is 142 Å². The second-order valence-corrected chi connectivity index (χ2v) is 5.60. The zero-order chi connectivity index (χ0) is 17.2. The van der Waals surface area contributed by atoms with Crippen molar-refractivity contribution in [2.75, 3.05) is 0 Å². The molecule has 0 radical (unpaired) electrons. The van der Waals surface area contributed by atoms with Gasteiger partial charge in [-0.25, -0.2) is 4.39 Å². The van der Waals surface area contributed by atoms with E-state index in [1.54, 1.807) is 12.1 Å². The molecule has 4 aromatic rings. The molecule has 2 aromatic carbocycles. The van der Waals surface area contributed by atoms with Crippen LogP contribution in [0.15, 0.2) is 59.1 Å². The maximum atomic E-state index is 13.1. The van der Waals surface area contributed by atoms with E-state index in [1.807, 2.05) is 37.3 Å². The van der Waals surface area contributed by atoms with Gasteiger partial charge in [0.15, 0.2) is 5.76 Å². The summed E-state index contributed by atoms with van der Waals surface area (Å²) in [6.07, 6.45) is 0. The van der Waals surface area contributed by atoms with Crippen LogP contribution in [0.5, 0.6) is 0 Å². The van der Waals surface area contributed by atoms with Crippen LogP contribution in [-0.2, 0) is 6.54 Å². The third-order valence-electron chi connectivity index (χ3n) is 3.90. The first-order valence-corrected chi connectivity index (χ1v) is 7.75. The van der Waals surface area contributed by atoms with Gasteiger partial charge in [-0.2, -0.15) is 4.80 Å². The second-order valence-electron chi connectivity index (χ2n) is 5.60. The molecule has 0 bridgehead atoms. The Bertz CT molecular complexity index is 992. The summed E-state index contributed by atoms with van der Waals surface area (Å²) >= 11 is 0. The van der Waals surface area contributed by atoms with Crippen LogP contribution in [0.4, 0.5) is 4.39 Å². The van der Waals surface area contributed by atoms with Crippen molar-refractivity contribution in [1.29, 1.82) is 0 Å². The van der Waals surface area contributed by atoms with Crippen molar-refractivity contribution in [3.63, 3.8) is 0 Å². The standard InChI is InChI=1S/C18H14FN5O/c1-12-16(22-25-17(12)13-7-9-15(19)10-8-13)11-24-21-18(20-23-24)14-5-3-2-4-6-14/h2-10H,11H2,1H3. The Morgan fingerprint density at radius 1 is 1.00 bits per heavy atom. The average Bonchev–Trinajstić information content (AvgIpc) is 3.25. The Morgan fingerprint density at radius 2 is 1.76 bits per heavy atom. The molecule has 0 atom stereocenters. The zero-order valence-electron chi connectivity index (χ0n) is 13.4. The summed E-state index contributed by atoms with van der Waals surface area (Å²) in [6, 6.07) is 15.7. The smallest absolute Gasteiger partial charge is 0.204 e. The van der Waals surface area contributed by atoms with Crippen LogP contribution < -0.4 is 0 Å². The lowest BCUT2D eigenvalue weighted by Gasteiger charge is -1.98. The van der Waals surface area contributed by atoms with Gasteiger partial charge in [0.25, 0.3) is 0 Å². The van der Waals surface area contributed by atoms with E-state index >= 15 is 0 Å². The van der Waals surface area contributed by atoms with Gasteiger partial charge in [0.1, 0.15) is 18.1 Å². The maximum Gasteiger partial charge on any atom is 0.204 e. The number of aromatic nitrogens is 5. The van der Waals surface area contributed by atoms with Crippen LogP contribution in [0.3, 0.4) is 0 Å². The molecule has 6 nitrogen and oxygen atoms in total. The van der Waals surface area contributed by atoms with Gasteiger partial charge in [-0.3, -0.25) is 0 Å². The topological polar surface area (TPSA) is 69.6 Å². The van der Waals surface area contributed by atoms with Crippen LogP contribution in [0.25, 0.3) is 22.7 Å². The molecule has 2 heterocycles. The fraction of sp³-hybridized carbons (Fsp3) is 0.111. The Balaban J connectivity index is 1.58. The van der Waals surface area contributed by atoms with E-state index in [2.05, 4.69) is 20.6 Å². The molecule has 0 fully saturated rings. The van der Waals surface area contributed by atoms with Gasteiger partial charge in [0.2, 0.25) is 5.82 Å². The number of hydrogen-bond acceptors (Lipinski definition) is 5. The number of benzene rings is 2. The minimum Gasteiger partial charge on any atom is -0.356 e. The van der Waals surface area contributed by atoms with E-state index in [0.29, 0.717) is 23.8 Å². The molecule has 2 aromatic heterocycles. The van der Waals surface area contributed by atoms with Crippen molar-refractivity contribution in [1.82, 2.24) is 25.4 Å². The van der Waals surface area contributed by atoms with Gasteiger partial charge >= 0.3 is 0 Å². The third-order valence-corrected chi connectivity index (χ3v) is 3.90. The molecule has 0 amide bonds. The predicted molar refractivity (Wildman–Crippen MR) is 89.0 cm³/mol. The van der Waals surface area contributed by atoms with E-state index in [4.69, 9.17) is 4.52 Å². The van der Waals surface area contributed by atoms with Crippen molar-refractivity contribution in [3.05, 3.63) is 71.7 Å². The molecule has 25 heavy (non-hydrogen) atoms. The number of tetrazole rings is 1. The molecule has 0 saturated carbocycles. The monoisotopic (exact) mass is 335 g/mol. The molecule has 0 aliphatic heterocycles. The highest BCUT2D eigenvalue weighted by atomic mass is 19.1. The summed E-state index contributed by atoms with van der Waals surface area (Å²) in [5.41, 5.74) is 3.24. The van der Waals surface area contributed by atoms with Crippen LogP contribution in [0.1, 0.15) is 11.3 Å². The molecule has 124 valence electrons. The highest BCUT2D eigenvalue weighted by Gasteiger charge is 2.15. The van der Waals surface area contributed by atoms with Crippen molar-refractivity contribution in [3.8, 4) is 22.7 Å². The second kappa shape index (κ2) is 6.27. The number of hydrogen-bond donors (Lipinski definition) is 0. The number of rotatable bonds is 4. The van der Waals surface area contributed by atoms with Crippen molar-refractivity contribution in [2.24, 2.45) is 0 Å². The molecule has 0 aliphatic rings. The molecular weight excluding hydrogens is 321 g/mol. The lowest BCUT2D eigenvalue weighted by molar-refractivity contribution is 0.415. The van der Waals surface area contributed by atoms with E-state index in [0.717, 1.165) is 16.7 Å². The lowest BCUT2D eigenvalue weighted by atomic mass is 10.1. The quantitative estimate of drug-likeness (QED) is 0.571. The summed E-state index contributed by atoms with van der Waals surface area (Å²) in [4.78, 5) is 1.47. The summed E-state index contributed by atoms with van der Waals surface area (Å²) in [5.74, 6) is 0.875. The molecular formula is C18H14FN5O. The van der Waals surface area contributed by atoms with Gasteiger partial charge in [-0.1, -0.05) is 35.5 Å². The van der Waals surface area contributed by atoms with Crippen LogP contribution in [-0.4, -0.2) is 25.4 Å². The van der Waals surface area contributed by atoms with Crippen molar-refractivity contribution in [2.45, 2.75) is 13.5 Å². The first-order valence-electron chi connectivity index (χ1n) is 7.75. The molecule has 0 N–H and O–H groups in total. The third kappa shape index (κ3) is 3.03. The van der Waals surface area contributed by atoms with E-state index in [1.165, 1.54) is 16.9 Å². The van der Waals surface area contributed by atoms with E-state index in [-0.39, 0.29) is 5.82 Å². The average molecular weight is 335 g/mol. The number of halogens is 1. The van der Waals surface area contributed by atoms with Gasteiger partial charge in [-0.05, 0) is 36.4 Å². The number of nitrogens with zero attached hydrogens (tertiary/aromatic N) is 5. The van der Waals surface area contributed by atoms with Crippen LogP contribution in [0, 0.1) is 12.7 Å². The van der Waals surface area contributed by atoms with E-state index in [9.17, 15) is 4.39 Å². The van der Waals surface area contributed by atoms with Crippen LogP contribution in [0.2, 0.25) is 0 Å². The Hall–Kier alpha value is -3.35. The highest BCUT2D eigenvalue weighted by molar-refractivity contribution is 5.61. The van der Waals surface area contributed by atoms with Gasteiger partial charge in [-0.15, -0.1) is 10.2 Å². The normalized spacial score (nSPS) is 11.0. The van der Waals surface area contributed by atoms with Crippen molar-refractivity contribution < 1.29 is 8.91 Å². The SMILES string of the molecule is Cc1c(Cn2nnc(-c3ccccc3)n2)noc1-c1ccc(F)cc1. The van der Waals surface area contributed by atoms with Gasteiger partial charge < -0.3 is 4.52 Å². The van der Waals surface area contributed by atoms with E-state index < -0.39 is 0 Å². The first kappa shape index (κ1) is 15.2. The lowest BCUT2D eigenvalue weighted by Crippen LogP contribution is -2.05. The minimum absolute atomic E-state index is 0.290. The fourth-order valence-electron chi connectivity index (χ4n) is 2.53. The largest absolute Gasteiger partial charge is 0.356 e. The van der Waals surface area contributed by atoms with Gasteiger partial charge in [0.05, 0.1) is 0 Å². The molecule has 0 spiro atoms. The molecule has 0 aliphatic carbocycles. The van der Waals surface area contributed by atoms with Crippen LogP contribution >= 0.6 is 0 Å². The molecule has 4 rings (SSSR count). The zero-order valence-corrected chi connectivity index (χ0v) is 13.4. The molecule has 0 saturated heterocycles. The maximum absolute atomic E-state index is 13.1. The Morgan fingerprint density at radius 3 is 2.52 bits per heavy atom. The summed E-state index contributed by atoms with van der Waals surface area (Å²) in [5, 5.41) is 16.6.